The van der Waals surface area contributed by atoms with E-state index in [9.17, 15) is 8.42 Å². The summed E-state index contributed by atoms with van der Waals surface area (Å²) in [6.45, 7) is 3.62. The fraction of sp³-hybridized carbons (Fsp3) is 0.583. The van der Waals surface area contributed by atoms with Crippen molar-refractivity contribution in [3.05, 3.63) is 30.1 Å². The third-order valence-electron chi connectivity index (χ3n) is 2.99. The van der Waals surface area contributed by atoms with E-state index in [-0.39, 0.29) is 11.6 Å². The minimum atomic E-state index is -3.30. The van der Waals surface area contributed by atoms with E-state index in [0.29, 0.717) is 6.42 Å². The molecule has 0 amide bonds. The predicted octanol–water partition coefficient (Wildman–Crippen LogP) is 1.90. The van der Waals surface area contributed by atoms with E-state index in [1.165, 1.54) is 4.31 Å². The first kappa shape index (κ1) is 15.4. The summed E-state index contributed by atoms with van der Waals surface area (Å²) in [5.74, 6) is 0.339. The molecule has 1 heterocycles. The molecule has 0 aliphatic carbocycles. The van der Waals surface area contributed by atoms with E-state index in [0.717, 1.165) is 5.56 Å². The molecular formula is C12H19ClN2O2S. The summed E-state index contributed by atoms with van der Waals surface area (Å²) in [6.07, 6.45) is 3.80. The smallest absolute Gasteiger partial charge is 0.214 e. The van der Waals surface area contributed by atoms with Gasteiger partial charge in [-0.15, -0.1) is 11.6 Å². The number of nitrogens with zero attached hydrogens (tertiary/aromatic N) is 2. The van der Waals surface area contributed by atoms with Gasteiger partial charge in [0.05, 0.1) is 5.75 Å². The molecule has 18 heavy (non-hydrogen) atoms. The number of aromatic nitrogens is 1. The van der Waals surface area contributed by atoms with Gasteiger partial charge in [0.1, 0.15) is 0 Å². The monoisotopic (exact) mass is 290 g/mol. The quantitative estimate of drug-likeness (QED) is 0.752. The van der Waals surface area contributed by atoms with E-state index in [1.54, 1.807) is 19.4 Å². The van der Waals surface area contributed by atoms with Gasteiger partial charge in [0.25, 0.3) is 0 Å². The molecule has 6 heteroatoms. The van der Waals surface area contributed by atoms with Crippen molar-refractivity contribution in [1.82, 2.24) is 9.29 Å². The van der Waals surface area contributed by atoms with Gasteiger partial charge in [0.2, 0.25) is 10.0 Å². The lowest BCUT2D eigenvalue weighted by molar-refractivity contribution is 0.296. The van der Waals surface area contributed by atoms with Crippen LogP contribution in [0.25, 0.3) is 0 Å². The summed E-state index contributed by atoms with van der Waals surface area (Å²) in [5.41, 5.74) is 0.393. The Morgan fingerprint density at radius 3 is 2.39 bits per heavy atom. The van der Waals surface area contributed by atoms with Gasteiger partial charge in [-0.1, -0.05) is 0 Å². The minimum Gasteiger partial charge on any atom is -0.265 e. The van der Waals surface area contributed by atoms with Crippen LogP contribution in [0, 0.1) is 0 Å². The normalized spacial score (nSPS) is 12.9. The molecule has 0 N–H and O–H groups in total. The zero-order valence-electron chi connectivity index (χ0n) is 10.9. The molecule has 0 bridgehead atoms. The summed E-state index contributed by atoms with van der Waals surface area (Å²) in [4.78, 5) is 3.90. The number of halogens is 1. The van der Waals surface area contributed by atoms with E-state index >= 15 is 0 Å². The first-order valence-corrected chi connectivity index (χ1v) is 7.85. The highest BCUT2D eigenvalue weighted by molar-refractivity contribution is 7.89. The number of hydrogen-bond acceptors (Lipinski definition) is 3. The SMILES string of the molecule is CN(C(C)(C)CCl)S(=O)(=O)CCc1ccncc1. The van der Waals surface area contributed by atoms with Gasteiger partial charge in [-0.05, 0) is 38.0 Å². The molecule has 102 valence electrons. The summed E-state index contributed by atoms with van der Waals surface area (Å²) in [7, 11) is -1.73. The van der Waals surface area contributed by atoms with Crippen LogP contribution in [0.15, 0.2) is 24.5 Å². The fourth-order valence-corrected chi connectivity index (χ4v) is 3.23. The molecule has 0 radical (unpaired) electrons. The van der Waals surface area contributed by atoms with Crippen LogP contribution in [0.3, 0.4) is 0 Å². The van der Waals surface area contributed by atoms with Crippen LogP contribution in [0.5, 0.6) is 0 Å². The number of alkyl halides is 1. The van der Waals surface area contributed by atoms with Gasteiger partial charge in [-0.25, -0.2) is 8.42 Å². The molecular weight excluding hydrogens is 272 g/mol. The van der Waals surface area contributed by atoms with E-state index < -0.39 is 15.6 Å². The Morgan fingerprint density at radius 1 is 1.33 bits per heavy atom. The Morgan fingerprint density at radius 2 is 1.89 bits per heavy atom. The molecule has 4 nitrogen and oxygen atoms in total. The van der Waals surface area contributed by atoms with Crippen molar-refractivity contribution in [2.75, 3.05) is 18.7 Å². The lowest BCUT2D eigenvalue weighted by Crippen LogP contribution is -2.47. The largest absolute Gasteiger partial charge is 0.265 e. The number of sulfonamides is 1. The number of hydrogen-bond donors (Lipinski definition) is 0. The maximum atomic E-state index is 12.2. The first-order chi connectivity index (χ1) is 8.29. The van der Waals surface area contributed by atoms with Gasteiger partial charge < -0.3 is 0 Å². The van der Waals surface area contributed by atoms with Crippen molar-refractivity contribution in [1.29, 1.82) is 0 Å². The third-order valence-corrected chi connectivity index (χ3v) is 5.70. The van der Waals surface area contributed by atoms with Crippen molar-refractivity contribution >= 4 is 21.6 Å². The second-order valence-electron chi connectivity index (χ2n) is 4.84. The second-order valence-corrected chi connectivity index (χ2v) is 7.22. The Kier molecular flexibility index (Phi) is 5.13. The number of pyridine rings is 1. The molecule has 0 aliphatic rings. The molecule has 0 aliphatic heterocycles. The number of rotatable bonds is 6. The first-order valence-electron chi connectivity index (χ1n) is 5.71. The minimum absolute atomic E-state index is 0.0772. The van der Waals surface area contributed by atoms with Gasteiger partial charge >= 0.3 is 0 Å². The van der Waals surface area contributed by atoms with Gasteiger partial charge in [-0.2, -0.15) is 4.31 Å². The van der Waals surface area contributed by atoms with Crippen LogP contribution in [0.4, 0.5) is 0 Å². The topological polar surface area (TPSA) is 50.3 Å². The van der Waals surface area contributed by atoms with Gasteiger partial charge in [-0.3, -0.25) is 4.98 Å². The Balaban J connectivity index is 2.71. The standard InChI is InChI=1S/C12H19ClN2O2S/c1-12(2,10-13)15(3)18(16,17)9-6-11-4-7-14-8-5-11/h4-5,7-8H,6,9-10H2,1-3H3. The molecule has 1 aromatic heterocycles. The summed E-state index contributed by atoms with van der Waals surface area (Å²) >= 11 is 5.80. The Bertz CT molecular complexity index is 474. The average molecular weight is 291 g/mol. The van der Waals surface area contributed by atoms with Gasteiger partial charge in [0.15, 0.2) is 0 Å². The Labute approximate surface area is 114 Å². The molecule has 1 aromatic rings. The summed E-state index contributed by atoms with van der Waals surface area (Å²) < 4.78 is 25.7. The fourth-order valence-electron chi connectivity index (χ4n) is 1.39. The zero-order chi connectivity index (χ0) is 13.8. The van der Waals surface area contributed by atoms with Gasteiger partial charge in [0, 0.05) is 30.9 Å². The lowest BCUT2D eigenvalue weighted by Gasteiger charge is -2.32. The Hall–Kier alpha value is -0.650. The molecule has 0 spiro atoms. The molecule has 0 fully saturated rings. The summed E-state index contributed by atoms with van der Waals surface area (Å²) in [5, 5.41) is 0. The van der Waals surface area contributed by atoms with Crippen LogP contribution < -0.4 is 0 Å². The van der Waals surface area contributed by atoms with E-state index in [4.69, 9.17) is 11.6 Å². The van der Waals surface area contributed by atoms with Crippen molar-refractivity contribution in [2.45, 2.75) is 25.8 Å². The van der Waals surface area contributed by atoms with Crippen molar-refractivity contribution in [3.63, 3.8) is 0 Å². The molecule has 0 saturated carbocycles. The third kappa shape index (κ3) is 3.93. The highest BCUT2D eigenvalue weighted by atomic mass is 35.5. The van der Waals surface area contributed by atoms with Crippen LogP contribution >= 0.6 is 11.6 Å². The van der Waals surface area contributed by atoms with E-state index in [2.05, 4.69) is 4.98 Å². The molecule has 1 rings (SSSR count). The average Bonchev–Trinajstić information content (AvgIpc) is 2.37. The van der Waals surface area contributed by atoms with E-state index in [1.807, 2.05) is 26.0 Å². The van der Waals surface area contributed by atoms with Crippen LogP contribution in [0.1, 0.15) is 19.4 Å². The van der Waals surface area contributed by atoms with Crippen molar-refractivity contribution in [3.8, 4) is 0 Å². The molecule has 0 saturated heterocycles. The highest BCUT2D eigenvalue weighted by Crippen LogP contribution is 2.19. The number of aryl methyl sites for hydroxylation is 1. The maximum absolute atomic E-state index is 12.2. The van der Waals surface area contributed by atoms with Crippen LogP contribution in [0.2, 0.25) is 0 Å². The van der Waals surface area contributed by atoms with Crippen molar-refractivity contribution in [2.24, 2.45) is 0 Å². The lowest BCUT2D eigenvalue weighted by atomic mass is 10.1. The summed E-state index contributed by atoms with van der Waals surface area (Å²) in [6, 6.07) is 3.64. The molecule has 0 unspecified atom stereocenters. The zero-order valence-corrected chi connectivity index (χ0v) is 12.5. The molecule has 0 aromatic carbocycles. The molecule has 0 atom stereocenters. The predicted molar refractivity (Wildman–Crippen MR) is 74.3 cm³/mol. The highest BCUT2D eigenvalue weighted by Gasteiger charge is 2.31. The van der Waals surface area contributed by atoms with Crippen LogP contribution in [-0.4, -0.2) is 41.9 Å². The van der Waals surface area contributed by atoms with Crippen LogP contribution in [-0.2, 0) is 16.4 Å². The second kappa shape index (κ2) is 5.99. The maximum Gasteiger partial charge on any atom is 0.214 e. The van der Waals surface area contributed by atoms with Crippen molar-refractivity contribution < 1.29 is 8.42 Å².